The number of imide groups is 1. The summed E-state index contributed by atoms with van der Waals surface area (Å²) in [6, 6.07) is 11.1. The van der Waals surface area contributed by atoms with Crippen molar-refractivity contribution in [3.05, 3.63) is 54.0 Å². The number of nitrogens with zero attached hydrogens (tertiary/aromatic N) is 1. The van der Waals surface area contributed by atoms with Crippen LogP contribution < -0.4 is 4.90 Å². The van der Waals surface area contributed by atoms with E-state index in [0.717, 1.165) is 23.3 Å². The monoisotopic (exact) mass is 381 g/mol. The van der Waals surface area contributed by atoms with E-state index in [1.165, 1.54) is 49.7 Å². The van der Waals surface area contributed by atoms with Crippen LogP contribution in [-0.2, 0) is 5.41 Å². The van der Waals surface area contributed by atoms with Gasteiger partial charge >= 0.3 is 5.91 Å². The third-order valence-corrected chi connectivity index (χ3v) is 7.08. The number of hydrogen-bond donors (Lipinski definition) is 1. The second kappa shape index (κ2) is 6.26. The van der Waals surface area contributed by atoms with Gasteiger partial charge in [0.2, 0.25) is 0 Å². The van der Waals surface area contributed by atoms with Crippen LogP contribution in [0.3, 0.4) is 0 Å². The number of carbonyl (C=O) groups is 2. The molecule has 2 amide bonds. The fourth-order valence-electron chi connectivity index (χ4n) is 6.37. The van der Waals surface area contributed by atoms with Crippen LogP contribution in [0.4, 0.5) is 10.5 Å². The quantitative estimate of drug-likeness (QED) is 0.720. The number of hydrogen-bond acceptors (Lipinski definition) is 3. The van der Waals surface area contributed by atoms with Gasteiger partial charge in [0.15, 0.2) is 5.76 Å². The molecule has 4 bridgehead atoms. The number of carbonyl (C=O) groups excluding carboxylic acids is 2. The summed E-state index contributed by atoms with van der Waals surface area (Å²) in [5, 5.41) is -0.575. The van der Waals surface area contributed by atoms with E-state index in [-0.39, 0.29) is 11.2 Å². The molecule has 4 aliphatic rings. The Hall–Kier alpha value is -2.01. The Morgan fingerprint density at radius 3 is 2.15 bits per heavy atom. The summed E-state index contributed by atoms with van der Waals surface area (Å²) in [5.41, 5.74) is 1.88. The molecule has 0 radical (unpaired) electrons. The Balaban J connectivity index is 1.60. The Morgan fingerprint density at radius 2 is 1.59 bits per heavy atom. The first-order chi connectivity index (χ1) is 13.1. The summed E-state index contributed by atoms with van der Waals surface area (Å²) >= 11 is 4.03. The average molecular weight is 381 g/mol. The number of benzene rings is 1. The second-order valence-electron chi connectivity index (χ2n) is 8.62. The SMILES string of the molecule is O=C(S)N(C(=O)c1ccco1)c1ccccc1C12CC3CC(CC(C3)C1)C2. The van der Waals surface area contributed by atoms with Gasteiger partial charge in [0.1, 0.15) is 0 Å². The summed E-state index contributed by atoms with van der Waals surface area (Å²) in [6.45, 7) is 0. The third kappa shape index (κ3) is 2.75. The fourth-order valence-corrected chi connectivity index (χ4v) is 6.57. The van der Waals surface area contributed by atoms with Gasteiger partial charge in [-0.3, -0.25) is 9.59 Å². The smallest absolute Gasteiger partial charge is 0.301 e. The highest BCUT2D eigenvalue weighted by atomic mass is 32.1. The number of rotatable bonds is 3. The first-order valence-corrected chi connectivity index (χ1v) is 10.2. The van der Waals surface area contributed by atoms with Crippen molar-refractivity contribution in [1.82, 2.24) is 0 Å². The molecule has 1 aromatic heterocycles. The van der Waals surface area contributed by atoms with Gasteiger partial charge in [-0.05, 0) is 85.5 Å². The Labute approximate surface area is 164 Å². The van der Waals surface area contributed by atoms with Crippen LogP contribution in [0.1, 0.15) is 54.6 Å². The van der Waals surface area contributed by atoms with E-state index in [0.29, 0.717) is 5.69 Å². The molecule has 140 valence electrons. The molecule has 0 spiro atoms. The summed E-state index contributed by atoms with van der Waals surface area (Å²) in [4.78, 5) is 26.6. The van der Waals surface area contributed by atoms with E-state index in [4.69, 9.17) is 4.42 Å². The van der Waals surface area contributed by atoms with Gasteiger partial charge in [-0.25, -0.2) is 4.90 Å². The van der Waals surface area contributed by atoms with Crippen LogP contribution >= 0.6 is 12.6 Å². The molecule has 27 heavy (non-hydrogen) atoms. The van der Waals surface area contributed by atoms with Crippen LogP contribution in [0.25, 0.3) is 0 Å². The van der Waals surface area contributed by atoms with Crippen molar-refractivity contribution >= 4 is 29.5 Å². The molecule has 4 nitrogen and oxygen atoms in total. The Kier molecular flexibility index (Phi) is 3.97. The number of para-hydroxylation sites is 1. The normalized spacial score (nSPS) is 31.1. The molecule has 6 rings (SSSR count). The number of anilines is 1. The lowest BCUT2D eigenvalue weighted by atomic mass is 9.48. The van der Waals surface area contributed by atoms with E-state index in [1.54, 1.807) is 12.1 Å². The van der Waals surface area contributed by atoms with Crippen molar-refractivity contribution in [2.75, 3.05) is 4.90 Å². The second-order valence-corrected chi connectivity index (χ2v) is 9.00. The highest BCUT2D eigenvalue weighted by Gasteiger charge is 2.52. The van der Waals surface area contributed by atoms with Crippen molar-refractivity contribution in [2.24, 2.45) is 17.8 Å². The molecule has 5 heteroatoms. The number of furan rings is 1. The van der Waals surface area contributed by atoms with Crippen LogP contribution in [0.2, 0.25) is 0 Å². The molecule has 1 aromatic carbocycles. The lowest BCUT2D eigenvalue weighted by Crippen LogP contribution is -2.49. The highest BCUT2D eigenvalue weighted by molar-refractivity contribution is 7.97. The van der Waals surface area contributed by atoms with E-state index < -0.39 is 11.1 Å². The molecule has 1 heterocycles. The van der Waals surface area contributed by atoms with Gasteiger partial charge in [-0.1, -0.05) is 30.8 Å². The first-order valence-electron chi connectivity index (χ1n) is 9.76. The topological polar surface area (TPSA) is 50.5 Å². The van der Waals surface area contributed by atoms with Crippen molar-refractivity contribution in [2.45, 2.75) is 43.9 Å². The minimum absolute atomic E-state index is 0.0796. The molecule has 0 N–H and O–H groups in total. The summed E-state index contributed by atoms with van der Waals surface area (Å²) in [7, 11) is 0. The van der Waals surface area contributed by atoms with E-state index in [2.05, 4.69) is 18.7 Å². The first kappa shape index (κ1) is 17.1. The van der Waals surface area contributed by atoms with Crippen LogP contribution in [-0.4, -0.2) is 11.1 Å². The lowest BCUT2D eigenvalue weighted by molar-refractivity contribution is -0.00492. The maximum absolute atomic E-state index is 13.0. The largest absolute Gasteiger partial charge is 0.459 e. The Bertz CT molecular complexity index is 853. The predicted octanol–water partition coefficient (Wildman–Crippen LogP) is 5.44. The zero-order valence-electron chi connectivity index (χ0n) is 15.1. The fraction of sp³-hybridized carbons (Fsp3) is 0.455. The van der Waals surface area contributed by atoms with Crippen molar-refractivity contribution in [3.8, 4) is 0 Å². The van der Waals surface area contributed by atoms with Gasteiger partial charge in [0.05, 0.1) is 12.0 Å². The van der Waals surface area contributed by atoms with Gasteiger partial charge < -0.3 is 4.42 Å². The maximum Gasteiger partial charge on any atom is 0.301 e. The molecular formula is C22H23NO3S. The molecule has 0 aliphatic heterocycles. The minimum atomic E-state index is -0.575. The average Bonchev–Trinajstić information content (AvgIpc) is 3.15. The molecule has 0 atom stereocenters. The Morgan fingerprint density at radius 1 is 0.963 bits per heavy atom. The standard InChI is InChI=1S/C22H23NO3S/c24-20(19-6-3-7-26-19)23(21(25)27)18-5-2-1-4-17(18)22-11-14-8-15(12-22)10-16(9-14)13-22/h1-7,14-16H,8-13H2,(H,25,27). The van der Waals surface area contributed by atoms with Crippen molar-refractivity contribution in [1.29, 1.82) is 0 Å². The van der Waals surface area contributed by atoms with Crippen LogP contribution in [0.5, 0.6) is 0 Å². The van der Waals surface area contributed by atoms with Crippen molar-refractivity contribution < 1.29 is 14.0 Å². The molecule has 0 unspecified atom stereocenters. The zero-order chi connectivity index (χ0) is 18.6. The summed E-state index contributed by atoms with van der Waals surface area (Å²) in [6.07, 6.45) is 8.99. The van der Waals surface area contributed by atoms with E-state index >= 15 is 0 Å². The van der Waals surface area contributed by atoms with Gasteiger partial charge in [0.25, 0.3) is 5.24 Å². The summed E-state index contributed by atoms with van der Waals surface area (Å²) < 4.78 is 5.26. The predicted molar refractivity (Wildman–Crippen MR) is 106 cm³/mol. The molecule has 4 fully saturated rings. The van der Waals surface area contributed by atoms with Gasteiger partial charge in [0, 0.05) is 0 Å². The minimum Gasteiger partial charge on any atom is -0.459 e. The van der Waals surface area contributed by atoms with E-state index in [1.807, 2.05) is 18.2 Å². The molecular weight excluding hydrogens is 358 g/mol. The molecule has 0 saturated heterocycles. The zero-order valence-corrected chi connectivity index (χ0v) is 16.0. The maximum atomic E-state index is 13.0. The van der Waals surface area contributed by atoms with Crippen LogP contribution in [0.15, 0.2) is 47.1 Å². The van der Waals surface area contributed by atoms with Crippen molar-refractivity contribution in [3.63, 3.8) is 0 Å². The van der Waals surface area contributed by atoms with E-state index in [9.17, 15) is 9.59 Å². The van der Waals surface area contributed by atoms with Gasteiger partial charge in [-0.2, -0.15) is 0 Å². The van der Waals surface area contributed by atoms with Gasteiger partial charge in [-0.15, -0.1) is 0 Å². The molecule has 4 aliphatic carbocycles. The number of amides is 2. The highest BCUT2D eigenvalue weighted by Crippen LogP contribution is 2.61. The lowest BCUT2D eigenvalue weighted by Gasteiger charge is -2.57. The third-order valence-electron chi connectivity index (χ3n) is 6.88. The van der Waals surface area contributed by atoms with Crippen LogP contribution in [0, 0.1) is 17.8 Å². The molecule has 2 aromatic rings. The number of thiol groups is 1. The summed E-state index contributed by atoms with van der Waals surface area (Å²) in [5.74, 6) is 2.04. The molecule has 4 saturated carbocycles.